The van der Waals surface area contributed by atoms with Gasteiger partial charge in [-0.1, -0.05) is 48.5 Å². The number of hydrogen-bond acceptors (Lipinski definition) is 4. The number of para-hydroxylation sites is 1. The maximum Gasteiger partial charge on any atom is 0.280 e. The highest BCUT2D eigenvalue weighted by molar-refractivity contribution is 6.05. The first kappa shape index (κ1) is 15.6. The number of rotatable bonds is 4. The van der Waals surface area contributed by atoms with Crippen LogP contribution in [-0.4, -0.2) is 17.4 Å². The molecule has 2 heterocycles. The van der Waals surface area contributed by atoms with Gasteiger partial charge in [0.15, 0.2) is 5.69 Å². The fourth-order valence-corrected chi connectivity index (χ4v) is 3.20. The molecule has 25 heavy (non-hydrogen) atoms. The molecule has 1 amide bonds. The zero-order valence-corrected chi connectivity index (χ0v) is 13.8. The van der Waals surface area contributed by atoms with Gasteiger partial charge in [0.2, 0.25) is 5.89 Å². The number of carbonyl (C=O) groups excluding carboxylic acids is 1. The Morgan fingerprint density at radius 2 is 1.92 bits per heavy atom. The number of nitrogens with zero attached hydrogens (tertiary/aromatic N) is 2. The lowest BCUT2D eigenvalue weighted by molar-refractivity contribution is 0.0984. The Bertz CT molecular complexity index is 889. The van der Waals surface area contributed by atoms with Crippen molar-refractivity contribution in [2.75, 3.05) is 11.4 Å². The van der Waals surface area contributed by atoms with Gasteiger partial charge < -0.3 is 15.1 Å². The van der Waals surface area contributed by atoms with Crippen molar-refractivity contribution in [2.24, 2.45) is 5.73 Å². The van der Waals surface area contributed by atoms with Gasteiger partial charge in [0, 0.05) is 12.2 Å². The van der Waals surface area contributed by atoms with E-state index in [1.165, 1.54) is 11.8 Å². The van der Waals surface area contributed by atoms with Crippen LogP contribution in [-0.2, 0) is 12.8 Å². The van der Waals surface area contributed by atoms with Crippen molar-refractivity contribution in [1.82, 2.24) is 4.98 Å². The molecule has 5 heteroatoms. The third kappa shape index (κ3) is 3.06. The van der Waals surface area contributed by atoms with Gasteiger partial charge in [-0.05, 0) is 30.0 Å². The first-order chi connectivity index (χ1) is 12.2. The summed E-state index contributed by atoms with van der Waals surface area (Å²) in [5, 5.41) is 0. The van der Waals surface area contributed by atoms with Crippen molar-refractivity contribution in [3.8, 4) is 0 Å². The van der Waals surface area contributed by atoms with Crippen molar-refractivity contribution in [3.05, 3.63) is 83.6 Å². The Kier molecular flexibility index (Phi) is 4.07. The molecule has 0 saturated carbocycles. The summed E-state index contributed by atoms with van der Waals surface area (Å²) in [6, 6.07) is 17.5. The molecular formula is C20H19N3O2. The van der Waals surface area contributed by atoms with E-state index in [2.05, 4.69) is 4.98 Å². The third-order valence-electron chi connectivity index (χ3n) is 4.49. The quantitative estimate of drug-likeness (QED) is 0.796. The number of aromatic nitrogens is 1. The number of fused-ring (bicyclic) bond motifs is 1. The Labute approximate surface area is 146 Å². The zero-order chi connectivity index (χ0) is 17.2. The minimum absolute atomic E-state index is 0.146. The van der Waals surface area contributed by atoms with Crippen LogP contribution in [0.25, 0.3) is 0 Å². The Morgan fingerprint density at radius 3 is 2.76 bits per heavy atom. The summed E-state index contributed by atoms with van der Waals surface area (Å²) in [6.07, 6.45) is 2.88. The van der Waals surface area contributed by atoms with Crippen molar-refractivity contribution in [1.29, 1.82) is 0 Å². The second kappa shape index (κ2) is 6.53. The highest BCUT2D eigenvalue weighted by Crippen LogP contribution is 2.29. The summed E-state index contributed by atoms with van der Waals surface area (Å²) >= 11 is 0. The second-order valence-electron chi connectivity index (χ2n) is 6.20. The van der Waals surface area contributed by atoms with Crippen LogP contribution >= 0.6 is 0 Å². The monoisotopic (exact) mass is 333 g/mol. The lowest BCUT2D eigenvalue weighted by Gasteiger charge is -2.15. The van der Waals surface area contributed by atoms with E-state index in [1.807, 2.05) is 54.6 Å². The largest absolute Gasteiger partial charge is 0.446 e. The van der Waals surface area contributed by atoms with Gasteiger partial charge in [-0.25, -0.2) is 4.98 Å². The molecule has 0 radical (unpaired) electrons. The maximum absolute atomic E-state index is 12.8. The average molecular weight is 333 g/mol. The summed E-state index contributed by atoms with van der Waals surface area (Å²) in [4.78, 5) is 18.9. The van der Waals surface area contributed by atoms with Crippen molar-refractivity contribution >= 4 is 11.6 Å². The highest BCUT2D eigenvalue weighted by atomic mass is 16.3. The van der Waals surface area contributed by atoms with Crippen molar-refractivity contribution < 1.29 is 9.21 Å². The number of benzene rings is 2. The van der Waals surface area contributed by atoms with Gasteiger partial charge in [0.1, 0.15) is 6.26 Å². The molecule has 4 rings (SSSR count). The molecular weight excluding hydrogens is 314 g/mol. The van der Waals surface area contributed by atoms with E-state index >= 15 is 0 Å². The fraction of sp³-hybridized carbons (Fsp3) is 0.200. The summed E-state index contributed by atoms with van der Waals surface area (Å²) in [6.45, 7) is 0.663. The molecule has 2 N–H and O–H groups in total. The van der Waals surface area contributed by atoms with Gasteiger partial charge in [-0.15, -0.1) is 0 Å². The van der Waals surface area contributed by atoms with E-state index in [-0.39, 0.29) is 11.9 Å². The van der Waals surface area contributed by atoms with E-state index in [4.69, 9.17) is 10.2 Å². The van der Waals surface area contributed by atoms with Crippen LogP contribution in [0.5, 0.6) is 0 Å². The lowest BCUT2D eigenvalue weighted by atomic mass is 10.1. The molecule has 1 atom stereocenters. The lowest BCUT2D eigenvalue weighted by Crippen LogP contribution is -2.29. The smallest absolute Gasteiger partial charge is 0.280 e. The Balaban J connectivity index is 1.50. The topological polar surface area (TPSA) is 72.4 Å². The van der Waals surface area contributed by atoms with E-state index in [9.17, 15) is 4.79 Å². The standard InChI is InChI=1S/C20H19N3O2/c21-16(12-14-6-2-1-3-7-14)19-22-17(13-25-19)20(24)23-11-10-15-8-4-5-9-18(15)23/h1-9,13,16H,10-12,21H2. The van der Waals surface area contributed by atoms with E-state index in [0.29, 0.717) is 24.6 Å². The zero-order valence-electron chi connectivity index (χ0n) is 13.8. The molecule has 0 bridgehead atoms. The van der Waals surface area contributed by atoms with Gasteiger partial charge in [0.25, 0.3) is 5.91 Å². The minimum atomic E-state index is -0.380. The number of hydrogen-bond donors (Lipinski definition) is 1. The summed E-state index contributed by atoms with van der Waals surface area (Å²) in [7, 11) is 0. The van der Waals surface area contributed by atoms with Crippen molar-refractivity contribution in [3.63, 3.8) is 0 Å². The first-order valence-electron chi connectivity index (χ1n) is 8.37. The molecule has 1 aromatic heterocycles. The predicted octanol–water partition coefficient (Wildman–Crippen LogP) is 3.12. The van der Waals surface area contributed by atoms with Crippen LogP contribution in [0, 0.1) is 0 Å². The van der Waals surface area contributed by atoms with E-state index in [1.54, 1.807) is 4.90 Å². The summed E-state index contributed by atoms with van der Waals surface area (Å²) < 4.78 is 5.48. The number of nitrogens with two attached hydrogens (primary N) is 1. The SMILES string of the molecule is NC(Cc1ccccc1)c1nc(C(=O)N2CCc3ccccc32)co1. The fourth-order valence-electron chi connectivity index (χ4n) is 3.20. The first-order valence-corrected chi connectivity index (χ1v) is 8.37. The van der Waals surface area contributed by atoms with Crippen LogP contribution in [0.4, 0.5) is 5.69 Å². The molecule has 3 aromatic rings. The van der Waals surface area contributed by atoms with Gasteiger partial charge in [-0.2, -0.15) is 0 Å². The molecule has 5 nitrogen and oxygen atoms in total. The number of amides is 1. The molecule has 1 unspecified atom stereocenters. The van der Waals surface area contributed by atoms with Crippen LogP contribution in [0.1, 0.15) is 33.5 Å². The number of anilines is 1. The number of carbonyl (C=O) groups is 1. The van der Waals surface area contributed by atoms with E-state index < -0.39 is 0 Å². The Morgan fingerprint density at radius 1 is 1.16 bits per heavy atom. The Hall–Kier alpha value is -2.92. The third-order valence-corrected chi connectivity index (χ3v) is 4.49. The maximum atomic E-state index is 12.8. The molecule has 0 saturated heterocycles. The minimum Gasteiger partial charge on any atom is -0.446 e. The molecule has 0 aliphatic carbocycles. The van der Waals surface area contributed by atoms with Gasteiger partial charge >= 0.3 is 0 Å². The molecule has 0 spiro atoms. The molecule has 2 aromatic carbocycles. The normalized spacial score (nSPS) is 14.4. The van der Waals surface area contributed by atoms with E-state index in [0.717, 1.165) is 17.7 Å². The van der Waals surface area contributed by atoms with Crippen LogP contribution in [0.2, 0.25) is 0 Å². The van der Waals surface area contributed by atoms with Crippen LogP contribution < -0.4 is 10.6 Å². The summed E-state index contributed by atoms with van der Waals surface area (Å²) in [5.74, 6) is 0.242. The van der Waals surface area contributed by atoms with Crippen LogP contribution in [0.3, 0.4) is 0 Å². The number of oxazole rings is 1. The molecule has 1 aliphatic rings. The average Bonchev–Trinajstić information content (AvgIpc) is 3.29. The summed E-state index contributed by atoms with van der Waals surface area (Å²) in [5.41, 5.74) is 9.73. The molecule has 0 fully saturated rings. The van der Waals surface area contributed by atoms with Crippen molar-refractivity contribution in [2.45, 2.75) is 18.9 Å². The molecule has 1 aliphatic heterocycles. The van der Waals surface area contributed by atoms with Gasteiger partial charge in [0.05, 0.1) is 6.04 Å². The highest BCUT2D eigenvalue weighted by Gasteiger charge is 2.27. The van der Waals surface area contributed by atoms with Gasteiger partial charge in [-0.3, -0.25) is 4.79 Å². The predicted molar refractivity (Wildman–Crippen MR) is 95.4 cm³/mol. The second-order valence-corrected chi connectivity index (χ2v) is 6.20. The van der Waals surface area contributed by atoms with Crippen LogP contribution in [0.15, 0.2) is 65.3 Å². The molecule has 126 valence electrons.